The van der Waals surface area contributed by atoms with E-state index in [4.69, 9.17) is 0 Å². The number of pyridine rings is 1. The third kappa shape index (κ3) is 4.16. The van der Waals surface area contributed by atoms with Crippen LogP contribution < -0.4 is 16.2 Å². The number of carbonyl (C=O) groups is 2. The molecule has 10 nitrogen and oxygen atoms in total. The number of aromatic amines is 1. The van der Waals surface area contributed by atoms with Crippen LogP contribution in [0.2, 0.25) is 0 Å². The van der Waals surface area contributed by atoms with Gasteiger partial charge in [-0.15, -0.1) is 0 Å². The largest absolute Gasteiger partial charge is 0.344 e. The van der Waals surface area contributed by atoms with Crippen LogP contribution in [0.15, 0.2) is 46.7 Å². The Hall–Kier alpha value is -3.73. The zero-order valence-corrected chi connectivity index (χ0v) is 20.1. The topological polar surface area (TPSA) is 143 Å². The van der Waals surface area contributed by atoms with Crippen LogP contribution in [0.3, 0.4) is 0 Å². The molecule has 2 aromatic heterocycles. The monoisotopic (exact) mass is 495 g/mol. The van der Waals surface area contributed by atoms with Gasteiger partial charge in [0.2, 0.25) is 0 Å². The number of amides is 2. The second kappa shape index (κ2) is 8.49. The molecule has 35 heavy (non-hydrogen) atoms. The number of aromatic nitrogens is 3. The fourth-order valence-electron chi connectivity index (χ4n) is 4.50. The van der Waals surface area contributed by atoms with Gasteiger partial charge in [0.15, 0.2) is 15.7 Å². The van der Waals surface area contributed by atoms with E-state index >= 15 is 0 Å². The molecule has 0 radical (unpaired) electrons. The summed E-state index contributed by atoms with van der Waals surface area (Å²) in [5, 5.41) is 10.4. The number of sulfone groups is 1. The standard InChI is InChI=1S/C24H25N5O5S/c1-13-18(9-11-35(13,33)34)25-22(30)17-12-15-6-7-16(14-4-3-5-14)20(21(15)27-23(17)31)24(32)26-19-8-10-29(2)28-19/h6-14,18H,3-5H2,1-2H3,(H,25,30)(H,27,31)(H,26,28,32)/t13-,18+/m0/s1. The predicted molar refractivity (Wildman–Crippen MR) is 131 cm³/mol. The number of rotatable bonds is 5. The quantitative estimate of drug-likeness (QED) is 0.495. The van der Waals surface area contributed by atoms with Crippen molar-refractivity contribution in [1.82, 2.24) is 20.1 Å². The number of anilines is 1. The number of H-pyrrole nitrogens is 1. The molecule has 2 aliphatic rings. The Kier molecular flexibility index (Phi) is 5.59. The van der Waals surface area contributed by atoms with Gasteiger partial charge in [-0.1, -0.05) is 18.6 Å². The van der Waals surface area contributed by atoms with Crippen molar-refractivity contribution in [3.8, 4) is 0 Å². The lowest BCUT2D eigenvalue weighted by Gasteiger charge is -2.28. The van der Waals surface area contributed by atoms with Crippen LogP contribution in [0.1, 0.15) is 58.4 Å². The maximum atomic E-state index is 13.3. The van der Waals surface area contributed by atoms with E-state index in [9.17, 15) is 22.8 Å². The fourth-order valence-corrected chi connectivity index (χ4v) is 5.70. The van der Waals surface area contributed by atoms with Crippen molar-refractivity contribution in [2.45, 2.75) is 43.4 Å². The van der Waals surface area contributed by atoms with Crippen LogP contribution >= 0.6 is 0 Å². The molecule has 1 saturated carbocycles. The van der Waals surface area contributed by atoms with Crippen LogP contribution in [0.5, 0.6) is 0 Å². The van der Waals surface area contributed by atoms with Gasteiger partial charge in [-0.05, 0) is 48.8 Å². The summed E-state index contributed by atoms with van der Waals surface area (Å²) >= 11 is 0. The van der Waals surface area contributed by atoms with Crippen LogP contribution in [0.4, 0.5) is 5.82 Å². The van der Waals surface area contributed by atoms with E-state index in [1.165, 1.54) is 19.1 Å². The minimum atomic E-state index is -3.43. The van der Waals surface area contributed by atoms with Crippen molar-refractivity contribution < 1.29 is 18.0 Å². The third-order valence-electron chi connectivity index (χ3n) is 6.82. The molecule has 0 spiro atoms. The maximum absolute atomic E-state index is 13.3. The molecule has 5 rings (SSSR count). The molecule has 182 valence electrons. The zero-order valence-electron chi connectivity index (χ0n) is 19.2. The number of hydrogen-bond donors (Lipinski definition) is 3. The molecular weight excluding hydrogens is 470 g/mol. The van der Waals surface area contributed by atoms with Crippen LogP contribution in [-0.2, 0) is 16.9 Å². The summed E-state index contributed by atoms with van der Waals surface area (Å²) in [6.45, 7) is 1.50. The highest BCUT2D eigenvalue weighted by Crippen LogP contribution is 2.39. The number of benzene rings is 1. The van der Waals surface area contributed by atoms with Gasteiger partial charge >= 0.3 is 0 Å². The molecule has 11 heteroatoms. The van der Waals surface area contributed by atoms with E-state index in [1.807, 2.05) is 6.07 Å². The maximum Gasteiger partial charge on any atom is 0.261 e. The van der Waals surface area contributed by atoms with Gasteiger partial charge in [0.25, 0.3) is 17.4 Å². The first-order valence-corrected chi connectivity index (χ1v) is 13.0. The first-order chi connectivity index (χ1) is 16.6. The molecule has 1 aliphatic heterocycles. The van der Waals surface area contributed by atoms with E-state index in [-0.39, 0.29) is 17.4 Å². The van der Waals surface area contributed by atoms with Gasteiger partial charge in [0.1, 0.15) is 5.56 Å². The summed E-state index contributed by atoms with van der Waals surface area (Å²) in [6.07, 6.45) is 6.09. The number of nitrogens with one attached hydrogen (secondary N) is 3. The first-order valence-electron chi connectivity index (χ1n) is 11.4. The summed E-state index contributed by atoms with van der Waals surface area (Å²) in [5.41, 5.74) is 0.738. The van der Waals surface area contributed by atoms with Crippen molar-refractivity contribution >= 4 is 38.4 Å². The van der Waals surface area contributed by atoms with E-state index in [0.717, 1.165) is 30.2 Å². The number of fused-ring (bicyclic) bond motifs is 1. The second-order valence-corrected chi connectivity index (χ2v) is 11.3. The van der Waals surface area contributed by atoms with Crippen molar-refractivity contribution in [2.75, 3.05) is 5.32 Å². The minimum absolute atomic E-state index is 0.158. The lowest BCUT2D eigenvalue weighted by Crippen LogP contribution is -2.42. The van der Waals surface area contributed by atoms with E-state index in [0.29, 0.717) is 22.3 Å². The summed E-state index contributed by atoms with van der Waals surface area (Å²) in [4.78, 5) is 41.9. The predicted octanol–water partition coefficient (Wildman–Crippen LogP) is 2.21. The Morgan fingerprint density at radius 3 is 2.54 bits per heavy atom. The zero-order chi connectivity index (χ0) is 24.9. The normalized spacial score (nSPS) is 21.1. The molecule has 3 aromatic rings. The summed E-state index contributed by atoms with van der Waals surface area (Å²) in [5.74, 6) is -0.470. The minimum Gasteiger partial charge on any atom is -0.344 e. The lowest BCUT2D eigenvalue weighted by molar-refractivity contribution is 0.0942. The molecule has 1 fully saturated rings. The molecule has 1 aliphatic carbocycles. The Morgan fingerprint density at radius 1 is 1.17 bits per heavy atom. The van der Waals surface area contributed by atoms with Gasteiger partial charge in [-0.2, -0.15) is 5.10 Å². The molecule has 2 atom stereocenters. The Morgan fingerprint density at radius 2 is 1.94 bits per heavy atom. The SMILES string of the molecule is C[C@H]1[C@H](NC(=O)c2cc3ccc(C4CCC4)c(C(=O)Nc4ccn(C)n4)c3[nH]c2=O)C=CS1(=O)=O. The van der Waals surface area contributed by atoms with Crippen LogP contribution in [0.25, 0.3) is 10.9 Å². The van der Waals surface area contributed by atoms with Crippen LogP contribution in [-0.4, -0.2) is 46.3 Å². The Labute approximate surface area is 201 Å². The molecule has 0 bridgehead atoms. The van der Waals surface area contributed by atoms with Crippen molar-refractivity contribution in [3.05, 3.63) is 69.0 Å². The van der Waals surface area contributed by atoms with E-state index in [1.54, 1.807) is 30.1 Å². The molecule has 0 saturated heterocycles. The highest BCUT2D eigenvalue weighted by atomic mass is 32.2. The highest BCUT2D eigenvalue weighted by Gasteiger charge is 2.33. The van der Waals surface area contributed by atoms with Crippen molar-refractivity contribution in [1.29, 1.82) is 0 Å². The average Bonchev–Trinajstić information content (AvgIpc) is 3.28. The third-order valence-corrected chi connectivity index (χ3v) is 8.69. The van der Waals surface area contributed by atoms with Crippen molar-refractivity contribution in [2.24, 2.45) is 7.05 Å². The average molecular weight is 496 g/mol. The summed E-state index contributed by atoms with van der Waals surface area (Å²) in [7, 11) is -1.68. The Balaban J connectivity index is 1.53. The molecule has 0 unspecified atom stereocenters. The molecule has 3 heterocycles. The molecule has 1 aromatic carbocycles. The number of nitrogens with zero attached hydrogens (tertiary/aromatic N) is 2. The van der Waals surface area contributed by atoms with Crippen molar-refractivity contribution in [3.63, 3.8) is 0 Å². The van der Waals surface area contributed by atoms with Gasteiger partial charge in [0.05, 0.1) is 22.4 Å². The van der Waals surface area contributed by atoms with Gasteiger partial charge < -0.3 is 15.6 Å². The summed E-state index contributed by atoms with van der Waals surface area (Å²) < 4.78 is 25.4. The van der Waals surface area contributed by atoms with Gasteiger partial charge in [-0.25, -0.2) is 8.42 Å². The lowest BCUT2D eigenvalue weighted by atomic mass is 9.77. The van der Waals surface area contributed by atoms with Gasteiger partial charge in [0, 0.05) is 24.7 Å². The van der Waals surface area contributed by atoms with Gasteiger partial charge in [-0.3, -0.25) is 19.1 Å². The number of hydrogen-bond acceptors (Lipinski definition) is 6. The second-order valence-electron chi connectivity index (χ2n) is 9.08. The molecular formula is C24H25N5O5S. The smallest absolute Gasteiger partial charge is 0.261 e. The first kappa shape index (κ1) is 23.0. The highest BCUT2D eigenvalue weighted by molar-refractivity contribution is 7.95. The van der Waals surface area contributed by atoms with Crippen LogP contribution in [0, 0.1) is 0 Å². The number of carbonyl (C=O) groups excluding carboxylic acids is 2. The molecule has 3 N–H and O–H groups in total. The summed E-state index contributed by atoms with van der Waals surface area (Å²) in [6, 6.07) is 6.03. The van der Waals surface area contributed by atoms with E-state index < -0.39 is 32.6 Å². The fraction of sp³-hybridized carbons (Fsp3) is 0.333. The van der Waals surface area contributed by atoms with E-state index in [2.05, 4.69) is 20.7 Å². The number of aryl methyl sites for hydroxylation is 1. The Bertz CT molecular complexity index is 1550. The molecule has 2 amide bonds.